The molecule has 0 saturated heterocycles. The molecule has 4 heteroatoms. The van der Waals surface area contributed by atoms with Crippen molar-refractivity contribution in [3.63, 3.8) is 0 Å². The lowest BCUT2D eigenvalue weighted by Crippen LogP contribution is -2.35. The molecule has 0 radical (unpaired) electrons. The van der Waals surface area contributed by atoms with Crippen LogP contribution in [0.3, 0.4) is 0 Å². The van der Waals surface area contributed by atoms with Crippen LogP contribution in [-0.4, -0.2) is 11.8 Å². The molecule has 1 unspecified atom stereocenters. The van der Waals surface area contributed by atoms with E-state index in [1.54, 1.807) is 0 Å². The molecule has 4 nitrogen and oxygen atoms in total. The predicted molar refractivity (Wildman–Crippen MR) is 72.2 cm³/mol. The molecule has 0 bridgehead atoms. The summed E-state index contributed by atoms with van der Waals surface area (Å²) >= 11 is 0. The predicted octanol–water partition coefficient (Wildman–Crippen LogP) is 0.970. The normalized spacial score (nSPS) is 19.6. The second-order valence-electron chi connectivity index (χ2n) is 4.88. The molecular formula is C14H19N3O. The Morgan fingerprint density at radius 2 is 2.00 bits per heavy atom. The second kappa shape index (κ2) is 4.82. The summed E-state index contributed by atoms with van der Waals surface area (Å²) in [5, 5.41) is 3.07. The lowest BCUT2D eigenvalue weighted by molar-refractivity contribution is -0.115. The number of benzene rings is 1. The third-order valence-electron chi connectivity index (χ3n) is 3.28. The Morgan fingerprint density at radius 1 is 1.33 bits per heavy atom. The monoisotopic (exact) mass is 245 g/mol. The van der Waals surface area contributed by atoms with Crippen LogP contribution in [0.1, 0.15) is 25.0 Å². The fraction of sp³-hybridized carbons (Fsp3) is 0.357. The van der Waals surface area contributed by atoms with Crippen molar-refractivity contribution < 1.29 is 4.79 Å². The van der Waals surface area contributed by atoms with Gasteiger partial charge < -0.3 is 16.8 Å². The van der Waals surface area contributed by atoms with E-state index in [2.05, 4.69) is 5.32 Å². The van der Waals surface area contributed by atoms with Crippen molar-refractivity contribution in [1.82, 2.24) is 5.32 Å². The molecule has 0 saturated carbocycles. The molecule has 2 rings (SSSR count). The molecule has 0 aromatic heterocycles. The van der Waals surface area contributed by atoms with Gasteiger partial charge in [0.15, 0.2) is 5.78 Å². The SMILES string of the molecule is CC(C)C1NC(N)=C(c2ccccc2CN)C1=O. The maximum atomic E-state index is 12.4. The summed E-state index contributed by atoms with van der Waals surface area (Å²) in [5.41, 5.74) is 14.0. The Kier molecular flexibility index (Phi) is 3.39. The lowest BCUT2D eigenvalue weighted by atomic mass is 9.92. The average molecular weight is 245 g/mol. The molecular weight excluding hydrogens is 226 g/mol. The van der Waals surface area contributed by atoms with Crippen molar-refractivity contribution >= 4 is 11.4 Å². The van der Waals surface area contributed by atoms with E-state index in [0.29, 0.717) is 17.9 Å². The standard InChI is InChI=1S/C14H19N3O/c1-8(2)12-13(18)11(14(16)17-12)10-6-4-3-5-9(10)7-15/h3-6,8,12,17H,7,15-16H2,1-2H3. The highest BCUT2D eigenvalue weighted by Crippen LogP contribution is 2.28. The topological polar surface area (TPSA) is 81.1 Å². The van der Waals surface area contributed by atoms with Crippen molar-refractivity contribution in [3.05, 3.63) is 41.2 Å². The summed E-state index contributed by atoms with van der Waals surface area (Å²) in [6.07, 6.45) is 0. The zero-order valence-corrected chi connectivity index (χ0v) is 10.7. The highest BCUT2D eigenvalue weighted by Gasteiger charge is 2.34. The van der Waals surface area contributed by atoms with Crippen LogP contribution in [0.25, 0.3) is 5.57 Å². The van der Waals surface area contributed by atoms with E-state index < -0.39 is 0 Å². The number of nitrogens with two attached hydrogens (primary N) is 2. The van der Waals surface area contributed by atoms with Crippen molar-refractivity contribution in [2.24, 2.45) is 17.4 Å². The number of rotatable bonds is 3. The van der Waals surface area contributed by atoms with E-state index in [9.17, 15) is 4.79 Å². The minimum absolute atomic E-state index is 0.0587. The van der Waals surface area contributed by atoms with Crippen LogP contribution >= 0.6 is 0 Å². The van der Waals surface area contributed by atoms with Crippen molar-refractivity contribution in [2.45, 2.75) is 26.4 Å². The fourth-order valence-corrected chi connectivity index (χ4v) is 2.28. The second-order valence-corrected chi connectivity index (χ2v) is 4.88. The molecule has 0 spiro atoms. The largest absolute Gasteiger partial charge is 0.385 e. The fourth-order valence-electron chi connectivity index (χ4n) is 2.28. The lowest BCUT2D eigenvalue weighted by Gasteiger charge is -2.14. The van der Waals surface area contributed by atoms with E-state index >= 15 is 0 Å². The van der Waals surface area contributed by atoms with Crippen LogP contribution in [-0.2, 0) is 11.3 Å². The number of carbonyl (C=O) groups is 1. The van der Waals surface area contributed by atoms with E-state index in [0.717, 1.165) is 11.1 Å². The minimum Gasteiger partial charge on any atom is -0.385 e. The number of nitrogens with one attached hydrogen (secondary N) is 1. The molecule has 1 aromatic rings. The molecule has 0 amide bonds. The number of ketones is 1. The maximum Gasteiger partial charge on any atom is 0.189 e. The van der Waals surface area contributed by atoms with Gasteiger partial charge in [0, 0.05) is 6.54 Å². The molecule has 18 heavy (non-hydrogen) atoms. The first kappa shape index (κ1) is 12.6. The quantitative estimate of drug-likeness (QED) is 0.741. The van der Waals surface area contributed by atoms with Gasteiger partial charge in [0.25, 0.3) is 0 Å². The number of hydrogen-bond acceptors (Lipinski definition) is 4. The van der Waals surface area contributed by atoms with Crippen molar-refractivity contribution in [2.75, 3.05) is 0 Å². The van der Waals surface area contributed by atoms with Gasteiger partial charge in [-0.2, -0.15) is 0 Å². The van der Waals surface area contributed by atoms with Crippen LogP contribution in [0.4, 0.5) is 0 Å². The van der Waals surface area contributed by atoms with Gasteiger partial charge in [0.1, 0.15) is 5.82 Å². The summed E-state index contributed by atoms with van der Waals surface area (Å²) < 4.78 is 0. The summed E-state index contributed by atoms with van der Waals surface area (Å²) in [6, 6.07) is 7.39. The van der Waals surface area contributed by atoms with Crippen LogP contribution < -0.4 is 16.8 Å². The first-order valence-electron chi connectivity index (χ1n) is 6.15. The zero-order valence-electron chi connectivity index (χ0n) is 10.7. The van der Waals surface area contributed by atoms with Gasteiger partial charge in [-0.15, -0.1) is 0 Å². The number of hydrogen-bond donors (Lipinski definition) is 3. The van der Waals surface area contributed by atoms with Crippen molar-refractivity contribution in [1.29, 1.82) is 0 Å². The summed E-state index contributed by atoms with van der Waals surface area (Å²) in [6.45, 7) is 4.40. The molecule has 1 atom stereocenters. The smallest absolute Gasteiger partial charge is 0.189 e. The Morgan fingerprint density at radius 3 is 2.56 bits per heavy atom. The summed E-state index contributed by atoms with van der Waals surface area (Å²) in [7, 11) is 0. The third-order valence-corrected chi connectivity index (χ3v) is 3.28. The first-order valence-corrected chi connectivity index (χ1v) is 6.15. The van der Waals surface area contributed by atoms with Gasteiger partial charge in [-0.25, -0.2) is 0 Å². The van der Waals surface area contributed by atoms with Gasteiger partial charge in [-0.05, 0) is 17.0 Å². The molecule has 0 aliphatic carbocycles. The molecule has 5 N–H and O–H groups in total. The van der Waals surface area contributed by atoms with Crippen LogP contribution in [0.15, 0.2) is 30.1 Å². The van der Waals surface area contributed by atoms with Crippen molar-refractivity contribution in [3.8, 4) is 0 Å². The Hall–Kier alpha value is -1.81. The Labute approximate surface area is 107 Å². The average Bonchev–Trinajstić information content (AvgIpc) is 2.65. The molecule has 1 heterocycles. The first-order chi connectivity index (χ1) is 8.56. The van der Waals surface area contributed by atoms with Crippen LogP contribution in [0.5, 0.6) is 0 Å². The summed E-state index contributed by atoms with van der Waals surface area (Å²) in [4.78, 5) is 12.4. The van der Waals surface area contributed by atoms with Gasteiger partial charge >= 0.3 is 0 Å². The van der Waals surface area contributed by atoms with Gasteiger partial charge in [0.2, 0.25) is 0 Å². The van der Waals surface area contributed by atoms with E-state index in [4.69, 9.17) is 11.5 Å². The molecule has 1 aliphatic heterocycles. The van der Waals surface area contributed by atoms with E-state index in [1.807, 2.05) is 38.1 Å². The minimum atomic E-state index is -0.231. The van der Waals surface area contributed by atoms with Crippen LogP contribution in [0.2, 0.25) is 0 Å². The molecule has 1 aromatic carbocycles. The Balaban J connectivity index is 2.45. The van der Waals surface area contributed by atoms with Gasteiger partial charge in [-0.1, -0.05) is 38.1 Å². The molecule has 1 aliphatic rings. The van der Waals surface area contributed by atoms with Gasteiger partial charge in [0.05, 0.1) is 11.6 Å². The number of Topliss-reactive ketones (excluding diaryl/α,β-unsaturated/α-hetero) is 1. The maximum absolute atomic E-state index is 12.4. The highest BCUT2D eigenvalue weighted by atomic mass is 16.1. The molecule has 96 valence electrons. The van der Waals surface area contributed by atoms with E-state index in [-0.39, 0.29) is 17.7 Å². The van der Waals surface area contributed by atoms with Gasteiger partial charge in [-0.3, -0.25) is 4.79 Å². The van der Waals surface area contributed by atoms with Crippen LogP contribution in [0, 0.1) is 5.92 Å². The molecule has 0 fully saturated rings. The van der Waals surface area contributed by atoms with E-state index in [1.165, 1.54) is 0 Å². The zero-order chi connectivity index (χ0) is 13.3. The highest BCUT2D eigenvalue weighted by molar-refractivity contribution is 6.26. The number of carbonyl (C=O) groups excluding carboxylic acids is 1. The third kappa shape index (κ3) is 1.99. The summed E-state index contributed by atoms with van der Waals surface area (Å²) in [5.74, 6) is 0.724. The Bertz CT molecular complexity index is 506.